The van der Waals surface area contributed by atoms with E-state index in [1.807, 2.05) is 7.05 Å². The SMILES string of the molecule is CN(Cc1nnsc1Cl)C1(CC(=O)O)CCCCC1. The second-order valence-electron chi connectivity index (χ2n) is 5.20. The first-order valence-corrected chi connectivity index (χ1v) is 7.58. The van der Waals surface area contributed by atoms with Crippen molar-refractivity contribution in [3.63, 3.8) is 0 Å². The van der Waals surface area contributed by atoms with Crippen molar-refractivity contribution >= 4 is 29.1 Å². The van der Waals surface area contributed by atoms with Gasteiger partial charge < -0.3 is 5.11 Å². The van der Waals surface area contributed by atoms with Crippen molar-refractivity contribution in [3.05, 3.63) is 10.0 Å². The summed E-state index contributed by atoms with van der Waals surface area (Å²) in [5.41, 5.74) is 0.473. The Bertz CT molecular complexity index is 446. The summed E-state index contributed by atoms with van der Waals surface area (Å²) in [6.45, 7) is 0.558. The van der Waals surface area contributed by atoms with E-state index in [4.69, 9.17) is 11.6 Å². The van der Waals surface area contributed by atoms with E-state index in [9.17, 15) is 9.90 Å². The van der Waals surface area contributed by atoms with Crippen LogP contribution in [0.5, 0.6) is 0 Å². The summed E-state index contributed by atoms with van der Waals surface area (Å²) in [4.78, 5) is 13.3. The van der Waals surface area contributed by atoms with Gasteiger partial charge >= 0.3 is 5.97 Å². The van der Waals surface area contributed by atoms with Gasteiger partial charge in [0, 0.05) is 23.6 Å². The van der Waals surface area contributed by atoms with E-state index in [1.165, 1.54) is 18.0 Å². The number of carbonyl (C=O) groups is 1. The van der Waals surface area contributed by atoms with E-state index < -0.39 is 5.97 Å². The van der Waals surface area contributed by atoms with Gasteiger partial charge in [-0.3, -0.25) is 9.69 Å². The van der Waals surface area contributed by atoms with Crippen molar-refractivity contribution in [3.8, 4) is 0 Å². The minimum absolute atomic E-state index is 0.179. The lowest BCUT2D eigenvalue weighted by molar-refractivity contribution is -0.141. The number of aromatic nitrogens is 2. The van der Waals surface area contributed by atoms with Crippen LogP contribution in [-0.2, 0) is 11.3 Å². The lowest BCUT2D eigenvalue weighted by Crippen LogP contribution is -2.49. The number of halogens is 1. The highest BCUT2D eigenvalue weighted by Gasteiger charge is 2.38. The fourth-order valence-electron chi connectivity index (χ4n) is 2.87. The largest absolute Gasteiger partial charge is 0.481 e. The second kappa shape index (κ2) is 6.15. The van der Waals surface area contributed by atoms with Gasteiger partial charge in [-0.05, 0) is 19.9 Å². The average Bonchev–Trinajstić information content (AvgIpc) is 2.75. The number of hydrogen-bond acceptors (Lipinski definition) is 5. The molecule has 0 bridgehead atoms. The second-order valence-corrected chi connectivity index (χ2v) is 6.56. The minimum atomic E-state index is -0.740. The maximum absolute atomic E-state index is 11.2. The molecular formula is C12H18ClN3O2S. The number of aliphatic carboxylic acids is 1. The molecule has 1 heterocycles. The summed E-state index contributed by atoms with van der Waals surface area (Å²) in [5, 5.41) is 13.2. The molecule has 7 heteroatoms. The predicted octanol–water partition coefficient (Wildman–Crippen LogP) is 2.80. The summed E-state index contributed by atoms with van der Waals surface area (Å²) in [7, 11) is 1.96. The van der Waals surface area contributed by atoms with Crippen LogP contribution in [0.3, 0.4) is 0 Å². The van der Waals surface area contributed by atoms with Crippen LogP contribution in [0.1, 0.15) is 44.2 Å². The first-order valence-electron chi connectivity index (χ1n) is 6.43. The third-order valence-corrected chi connectivity index (χ3v) is 4.96. The van der Waals surface area contributed by atoms with E-state index in [0.29, 0.717) is 10.9 Å². The quantitative estimate of drug-likeness (QED) is 0.906. The summed E-state index contributed by atoms with van der Waals surface area (Å²) < 4.78 is 4.41. The molecule has 1 N–H and O–H groups in total. The summed E-state index contributed by atoms with van der Waals surface area (Å²) >= 11 is 7.19. The molecule has 1 aromatic rings. The van der Waals surface area contributed by atoms with Crippen LogP contribution < -0.4 is 0 Å². The molecule has 2 rings (SSSR count). The van der Waals surface area contributed by atoms with Crippen molar-refractivity contribution in [2.45, 2.75) is 50.6 Å². The Kier molecular flexibility index (Phi) is 4.76. The number of hydrogen-bond donors (Lipinski definition) is 1. The molecule has 0 radical (unpaired) electrons. The van der Waals surface area contributed by atoms with Crippen molar-refractivity contribution in [2.24, 2.45) is 0 Å². The van der Waals surface area contributed by atoms with Gasteiger partial charge in [0.1, 0.15) is 10.0 Å². The van der Waals surface area contributed by atoms with E-state index in [-0.39, 0.29) is 12.0 Å². The van der Waals surface area contributed by atoms with E-state index >= 15 is 0 Å². The van der Waals surface area contributed by atoms with Gasteiger partial charge in [-0.2, -0.15) is 0 Å². The highest BCUT2D eigenvalue weighted by Crippen LogP contribution is 2.37. The predicted molar refractivity (Wildman–Crippen MR) is 74.5 cm³/mol. The fraction of sp³-hybridized carbons (Fsp3) is 0.750. The van der Waals surface area contributed by atoms with Crippen molar-refractivity contribution in [1.29, 1.82) is 0 Å². The third kappa shape index (κ3) is 3.43. The Balaban J connectivity index is 2.13. The topological polar surface area (TPSA) is 66.3 Å². The number of rotatable bonds is 5. The smallest absolute Gasteiger partial charge is 0.305 e. The van der Waals surface area contributed by atoms with Gasteiger partial charge in [0.2, 0.25) is 0 Å². The molecule has 19 heavy (non-hydrogen) atoms. The first kappa shape index (κ1) is 14.7. The van der Waals surface area contributed by atoms with Crippen LogP contribution in [0.2, 0.25) is 4.34 Å². The lowest BCUT2D eigenvalue weighted by atomic mass is 9.78. The summed E-state index contributed by atoms with van der Waals surface area (Å²) in [6.07, 6.45) is 5.38. The molecule has 1 aliphatic rings. The van der Waals surface area contributed by atoms with Crippen molar-refractivity contribution < 1.29 is 9.90 Å². The van der Waals surface area contributed by atoms with Crippen molar-refractivity contribution in [2.75, 3.05) is 7.05 Å². The van der Waals surface area contributed by atoms with Crippen molar-refractivity contribution in [1.82, 2.24) is 14.5 Å². The molecule has 1 saturated carbocycles. The molecule has 0 atom stereocenters. The molecule has 5 nitrogen and oxygen atoms in total. The van der Waals surface area contributed by atoms with Crippen LogP contribution in [0.15, 0.2) is 0 Å². The van der Waals surface area contributed by atoms with E-state index in [0.717, 1.165) is 31.4 Å². The van der Waals surface area contributed by atoms with E-state index in [2.05, 4.69) is 14.5 Å². The van der Waals surface area contributed by atoms with Gasteiger partial charge in [-0.25, -0.2) is 0 Å². The Morgan fingerprint density at radius 3 is 2.68 bits per heavy atom. The Morgan fingerprint density at radius 1 is 1.47 bits per heavy atom. The third-order valence-electron chi connectivity index (χ3n) is 3.97. The first-order chi connectivity index (χ1) is 9.03. The molecule has 1 aromatic heterocycles. The maximum atomic E-state index is 11.2. The Hall–Kier alpha value is -0.720. The van der Waals surface area contributed by atoms with Gasteiger partial charge in [0.05, 0.1) is 6.42 Å². The molecule has 1 fully saturated rings. The lowest BCUT2D eigenvalue weighted by Gasteiger charge is -2.43. The van der Waals surface area contributed by atoms with Gasteiger partial charge in [-0.1, -0.05) is 35.4 Å². The molecule has 0 aliphatic heterocycles. The van der Waals surface area contributed by atoms with Gasteiger partial charge in [0.15, 0.2) is 0 Å². The van der Waals surface area contributed by atoms with Gasteiger partial charge in [-0.15, -0.1) is 5.10 Å². The minimum Gasteiger partial charge on any atom is -0.481 e. The molecule has 0 unspecified atom stereocenters. The molecule has 0 amide bonds. The summed E-state index contributed by atoms with van der Waals surface area (Å²) in [5.74, 6) is -0.740. The Morgan fingerprint density at radius 2 is 2.16 bits per heavy atom. The normalized spacial score (nSPS) is 18.7. The molecular weight excluding hydrogens is 286 g/mol. The maximum Gasteiger partial charge on any atom is 0.305 e. The zero-order valence-electron chi connectivity index (χ0n) is 10.9. The molecule has 0 saturated heterocycles. The van der Waals surface area contributed by atoms with Crippen LogP contribution in [0.25, 0.3) is 0 Å². The zero-order chi connectivity index (χ0) is 13.9. The highest BCUT2D eigenvalue weighted by molar-refractivity contribution is 7.10. The molecule has 106 valence electrons. The molecule has 1 aliphatic carbocycles. The Labute approximate surface area is 121 Å². The standard InChI is InChI=1S/C12H18ClN3O2S/c1-16(8-9-11(13)19-15-14-9)12(7-10(17)18)5-3-2-4-6-12/h2-8H2,1H3,(H,17,18). The van der Waals surface area contributed by atoms with Crippen LogP contribution in [0, 0.1) is 0 Å². The number of carboxylic acid groups (broad SMARTS) is 1. The zero-order valence-corrected chi connectivity index (χ0v) is 12.5. The van der Waals surface area contributed by atoms with Crippen LogP contribution >= 0.6 is 23.1 Å². The number of carboxylic acids is 1. The van der Waals surface area contributed by atoms with E-state index in [1.54, 1.807) is 0 Å². The number of nitrogens with zero attached hydrogens (tertiary/aromatic N) is 3. The monoisotopic (exact) mass is 303 g/mol. The fourth-order valence-corrected chi connectivity index (χ4v) is 3.48. The van der Waals surface area contributed by atoms with Gasteiger partial charge in [0.25, 0.3) is 0 Å². The van der Waals surface area contributed by atoms with Crippen LogP contribution in [0.4, 0.5) is 0 Å². The highest BCUT2D eigenvalue weighted by atomic mass is 35.5. The molecule has 0 aromatic carbocycles. The average molecular weight is 304 g/mol. The summed E-state index contributed by atoms with van der Waals surface area (Å²) in [6, 6.07) is 0. The molecule has 0 spiro atoms. The van der Waals surface area contributed by atoms with Crippen LogP contribution in [-0.4, -0.2) is 38.1 Å².